The molecule has 2 atom stereocenters. The maximum absolute atomic E-state index is 9.67. The van der Waals surface area contributed by atoms with Crippen LogP contribution in [0.2, 0.25) is 0 Å². The van der Waals surface area contributed by atoms with Gasteiger partial charge in [-0.3, -0.25) is 0 Å². The largest absolute Gasteiger partial charge is 0.392 e. The van der Waals surface area contributed by atoms with E-state index in [4.69, 9.17) is 0 Å². The monoisotopic (exact) mass is 171 g/mol. The van der Waals surface area contributed by atoms with Crippen molar-refractivity contribution in [1.29, 1.82) is 0 Å². The highest BCUT2D eigenvalue weighted by Crippen LogP contribution is 2.20. The molecule has 1 aliphatic carbocycles. The fraction of sp³-hybridized carbons (Fsp3) is 1.00. The van der Waals surface area contributed by atoms with E-state index in [-0.39, 0.29) is 11.6 Å². The lowest BCUT2D eigenvalue weighted by molar-refractivity contribution is 0.0781. The van der Waals surface area contributed by atoms with Crippen LogP contribution in [0.25, 0.3) is 0 Å². The molecule has 0 bridgehead atoms. The molecule has 0 aliphatic heterocycles. The van der Waals surface area contributed by atoms with E-state index in [9.17, 15) is 5.11 Å². The van der Waals surface area contributed by atoms with E-state index >= 15 is 0 Å². The number of hydrogen-bond acceptors (Lipinski definition) is 2. The molecule has 1 rings (SSSR count). The van der Waals surface area contributed by atoms with E-state index < -0.39 is 0 Å². The third kappa shape index (κ3) is 3.11. The minimum atomic E-state index is -0.127. The van der Waals surface area contributed by atoms with Gasteiger partial charge in [-0.25, -0.2) is 0 Å². The Morgan fingerprint density at radius 3 is 2.25 bits per heavy atom. The van der Waals surface area contributed by atoms with Crippen LogP contribution in [0.4, 0.5) is 0 Å². The molecule has 2 nitrogen and oxygen atoms in total. The quantitative estimate of drug-likeness (QED) is 0.629. The summed E-state index contributed by atoms with van der Waals surface area (Å²) in [7, 11) is 0. The first kappa shape index (κ1) is 10.0. The van der Waals surface area contributed by atoms with E-state index in [0.29, 0.717) is 6.04 Å². The van der Waals surface area contributed by atoms with Crippen molar-refractivity contribution in [2.75, 3.05) is 0 Å². The third-order valence-electron chi connectivity index (χ3n) is 2.35. The SMILES string of the molecule is CC(C)(C)N[C@@H]1CCCC[C@H]1O. The number of aliphatic hydroxyl groups excluding tert-OH is 1. The Bertz CT molecular complexity index is 139. The molecule has 72 valence electrons. The first-order chi connectivity index (χ1) is 5.49. The van der Waals surface area contributed by atoms with Crippen LogP contribution in [0.15, 0.2) is 0 Å². The van der Waals surface area contributed by atoms with Crippen LogP contribution in [-0.2, 0) is 0 Å². The molecule has 0 amide bonds. The van der Waals surface area contributed by atoms with Crippen molar-refractivity contribution in [1.82, 2.24) is 5.32 Å². The van der Waals surface area contributed by atoms with Crippen molar-refractivity contribution in [3.05, 3.63) is 0 Å². The molecular weight excluding hydrogens is 150 g/mol. The second-order valence-electron chi connectivity index (χ2n) is 4.85. The molecule has 0 aromatic rings. The summed E-state index contributed by atoms with van der Waals surface area (Å²) in [6, 6.07) is 0.318. The van der Waals surface area contributed by atoms with Crippen LogP contribution >= 0.6 is 0 Å². The number of aliphatic hydroxyl groups is 1. The fourth-order valence-electron chi connectivity index (χ4n) is 1.84. The zero-order chi connectivity index (χ0) is 9.19. The van der Waals surface area contributed by atoms with Crippen molar-refractivity contribution in [3.63, 3.8) is 0 Å². The lowest BCUT2D eigenvalue weighted by Crippen LogP contribution is -2.50. The van der Waals surface area contributed by atoms with Gasteiger partial charge in [-0.2, -0.15) is 0 Å². The first-order valence-corrected chi connectivity index (χ1v) is 4.95. The van der Waals surface area contributed by atoms with Crippen LogP contribution in [0, 0.1) is 0 Å². The van der Waals surface area contributed by atoms with Gasteiger partial charge in [0.25, 0.3) is 0 Å². The molecule has 12 heavy (non-hydrogen) atoms. The average Bonchev–Trinajstić information content (AvgIpc) is 1.91. The zero-order valence-electron chi connectivity index (χ0n) is 8.43. The van der Waals surface area contributed by atoms with Crippen molar-refractivity contribution < 1.29 is 5.11 Å². The lowest BCUT2D eigenvalue weighted by Gasteiger charge is -2.34. The van der Waals surface area contributed by atoms with Gasteiger partial charge in [0, 0.05) is 11.6 Å². The molecule has 0 radical (unpaired) electrons. The highest BCUT2D eigenvalue weighted by molar-refractivity contribution is 4.85. The number of rotatable bonds is 1. The van der Waals surface area contributed by atoms with Crippen LogP contribution in [0.3, 0.4) is 0 Å². The van der Waals surface area contributed by atoms with Crippen molar-refractivity contribution in [2.24, 2.45) is 0 Å². The van der Waals surface area contributed by atoms with E-state index in [0.717, 1.165) is 12.8 Å². The molecule has 0 aromatic heterocycles. The van der Waals surface area contributed by atoms with Gasteiger partial charge in [0.1, 0.15) is 0 Å². The van der Waals surface area contributed by atoms with Crippen LogP contribution in [0.1, 0.15) is 46.5 Å². The van der Waals surface area contributed by atoms with E-state index in [1.807, 2.05) is 0 Å². The van der Waals surface area contributed by atoms with E-state index in [1.165, 1.54) is 12.8 Å². The lowest BCUT2D eigenvalue weighted by atomic mass is 9.91. The van der Waals surface area contributed by atoms with Gasteiger partial charge in [0.05, 0.1) is 6.10 Å². The van der Waals surface area contributed by atoms with Crippen molar-refractivity contribution in [2.45, 2.75) is 64.1 Å². The standard InChI is InChI=1S/C10H21NO/c1-10(2,3)11-8-6-4-5-7-9(8)12/h8-9,11-12H,4-7H2,1-3H3/t8-,9-/m1/s1. The summed E-state index contributed by atoms with van der Waals surface area (Å²) in [5.74, 6) is 0. The molecular formula is C10H21NO. The van der Waals surface area contributed by atoms with Gasteiger partial charge in [-0.15, -0.1) is 0 Å². The van der Waals surface area contributed by atoms with Crippen molar-refractivity contribution in [3.8, 4) is 0 Å². The maximum atomic E-state index is 9.67. The number of hydrogen-bond donors (Lipinski definition) is 2. The topological polar surface area (TPSA) is 32.3 Å². The van der Waals surface area contributed by atoms with E-state index in [1.54, 1.807) is 0 Å². The minimum absolute atomic E-state index is 0.127. The van der Waals surface area contributed by atoms with Crippen molar-refractivity contribution >= 4 is 0 Å². The van der Waals surface area contributed by atoms with Crippen LogP contribution in [-0.4, -0.2) is 22.8 Å². The summed E-state index contributed by atoms with van der Waals surface area (Å²) in [5.41, 5.74) is 0.128. The summed E-state index contributed by atoms with van der Waals surface area (Å²) >= 11 is 0. The first-order valence-electron chi connectivity index (χ1n) is 4.95. The van der Waals surface area contributed by atoms with E-state index in [2.05, 4.69) is 26.1 Å². The summed E-state index contributed by atoms with van der Waals surface area (Å²) in [6.45, 7) is 6.44. The Kier molecular flexibility index (Phi) is 3.13. The molecule has 2 N–H and O–H groups in total. The Labute approximate surface area is 75.4 Å². The third-order valence-corrected chi connectivity index (χ3v) is 2.35. The Balaban J connectivity index is 2.39. The second kappa shape index (κ2) is 3.75. The highest BCUT2D eigenvalue weighted by Gasteiger charge is 2.26. The normalized spacial score (nSPS) is 32.0. The van der Waals surface area contributed by atoms with Gasteiger partial charge >= 0.3 is 0 Å². The molecule has 0 heterocycles. The van der Waals surface area contributed by atoms with Crippen LogP contribution in [0.5, 0.6) is 0 Å². The Hall–Kier alpha value is -0.0800. The molecule has 1 saturated carbocycles. The Morgan fingerprint density at radius 1 is 1.17 bits per heavy atom. The molecule has 0 spiro atoms. The Morgan fingerprint density at radius 2 is 1.75 bits per heavy atom. The van der Waals surface area contributed by atoms with Gasteiger partial charge in [0.15, 0.2) is 0 Å². The summed E-state index contributed by atoms with van der Waals surface area (Å²) < 4.78 is 0. The zero-order valence-corrected chi connectivity index (χ0v) is 8.43. The minimum Gasteiger partial charge on any atom is -0.392 e. The average molecular weight is 171 g/mol. The predicted molar refractivity (Wildman–Crippen MR) is 51.2 cm³/mol. The fourth-order valence-corrected chi connectivity index (χ4v) is 1.84. The molecule has 0 saturated heterocycles. The number of nitrogens with one attached hydrogen (secondary N) is 1. The smallest absolute Gasteiger partial charge is 0.0693 e. The van der Waals surface area contributed by atoms with Crippen LogP contribution < -0.4 is 5.32 Å². The molecule has 2 heteroatoms. The summed E-state index contributed by atoms with van der Waals surface area (Å²) in [4.78, 5) is 0. The molecule has 0 aromatic carbocycles. The van der Waals surface area contributed by atoms with Gasteiger partial charge in [-0.05, 0) is 33.6 Å². The van der Waals surface area contributed by atoms with Gasteiger partial charge in [-0.1, -0.05) is 12.8 Å². The predicted octanol–water partition coefficient (Wildman–Crippen LogP) is 1.68. The second-order valence-corrected chi connectivity index (χ2v) is 4.85. The van der Waals surface area contributed by atoms with Gasteiger partial charge in [0.2, 0.25) is 0 Å². The molecule has 0 unspecified atom stereocenters. The van der Waals surface area contributed by atoms with Gasteiger partial charge < -0.3 is 10.4 Å². The molecule has 1 fully saturated rings. The molecule has 1 aliphatic rings. The maximum Gasteiger partial charge on any atom is 0.0693 e. The summed E-state index contributed by atoms with van der Waals surface area (Å²) in [6.07, 6.45) is 4.40. The highest BCUT2D eigenvalue weighted by atomic mass is 16.3. The summed E-state index contributed by atoms with van der Waals surface area (Å²) in [5, 5.41) is 13.1.